The van der Waals surface area contributed by atoms with Gasteiger partial charge < -0.3 is 10.2 Å². The Bertz CT molecular complexity index is 1360. The number of hydrogen-bond donors (Lipinski definition) is 1. The zero-order valence-corrected chi connectivity index (χ0v) is 21.8. The predicted molar refractivity (Wildman–Crippen MR) is 147 cm³/mol. The molecule has 1 saturated heterocycles. The minimum Gasteiger partial charge on any atom is -0.367 e. The van der Waals surface area contributed by atoms with Gasteiger partial charge in [-0.2, -0.15) is 0 Å². The van der Waals surface area contributed by atoms with Crippen LogP contribution in [0.5, 0.6) is 0 Å². The highest BCUT2D eigenvalue weighted by Crippen LogP contribution is 2.47. The topological polar surface area (TPSA) is 41.1 Å². The summed E-state index contributed by atoms with van der Waals surface area (Å²) in [5.41, 5.74) is 14.7. The highest BCUT2D eigenvalue weighted by atomic mass is 15.1. The highest BCUT2D eigenvalue weighted by Gasteiger charge is 2.38. The Morgan fingerprint density at radius 2 is 1.86 bits per heavy atom. The van der Waals surface area contributed by atoms with Crippen LogP contribution in [-0.2, 0) is 19.4 Å². The van der Waals surface area contributed by atoms with E-state index in [0.29, 0.717) is 6.04 Å². The summed E-state index contributed by atoms with van der Waals surface area (Å²) in [6, 6.07) is 12.3. The lowest BCUT2D eigenvalue weighted by molar-refractivity contribution is 0.625. The van der Waals surface area contributed by atoms with Gasteiger partial charge in [-0.05, 0) is 129 Å². The number of aryl methyl sites for hydroxylation is 2. The molecule has 184 valence electrons. The number of benzene rings is 1. The second kappa shape index (κ2) is 8.55. The van der Waals surface area contributed by atoms with Gasteiger partial charge in [-0.25, -0.2) is 0 Å². The molecule has 2 aliphatic carbocycles. The van der Waals surface area contributed by atoms with Crippen LogP contribution in [0.1, 0.15) is 71.6 Å². The van der Waals surface area contributed by atoms with E-state index in [4.69, 9.17) is 4.98 Å². The summed E-state index contributed by atoms with van der Waals surface area (Å²) in [6.07, 6.45) is 10.7. The van der Waals surface area contributed by atoms with Crippen LogP contribution in [0.15, 0.2) is 42.6 Å². The molecule has 2 fully saturated rings. The van der Waals surface area contributed by atoms with Crippen LogP contribution < -0.4 is 10.2 Å². The lowest BCUT2D eigenvalue weighted by Gasteiger charge is -2.34. The third-order valence-corrected chi connectivity index (χ3v) is 8.87. The molecule has 1 N–H and O–H groups in total. The molecule has 4 heteroatoms. The molecule has 4 nitrogen and oxygen atoms in total. The van der Waals surface area contributed by atoms with E-state index in [1.807, 2.05) is 0 Å². The Balaban J connectivity index is 1.29. The molecule has 2 aliphatic heterocycles. The van der Waals surface area contributed by atoms with Gasteiger partial charge in [-0.1, -0.05) is 12.1 Å². The lowest BCUT2D eigenvalue weighted by atomic mass is 9.86. The molecule has 36 heavy (non-hydrogen) atoms. The highest BCUT2D eigenvalue weighted by molar-refractivity contribution is 5.75. The molecule has 2 aromatic heterocycles. The van der Waals surface area contributed by atoms with Gasteiger partial charge in [-0.3, -0.25) is 9.97 Å². The van der Waals surface area contributed by atoms with E-state index in [2.05, 4.69) is 78.6 Å². The summed E-state index contributed by atoms with van der Waals surface area (Å²) >= 11 is 0. The van der Waals surface area contributed by atoms with E-state index in [0.717, 1.165) is 55.7 Å². The van der Waals surface area contributed by atoms with Crippen LogP contribution in [0.4, 0.5) is 5.69 Å². The first-order chi connectivity index (χ1) is 17.5. The maximum atomic E-state index is 5.02. The number of allylic oxidation sites excluding steroid dienone is 2. The molecule has 7 rings (SSSR count). The van der Waals surface area contributed by atoms with Crippen molar-refractivity contribution in [3.8, 4) is 11.1 Å². The second-order valence-electron chi connectivity index (χ2n) is 11.6. The van der Waals surface area contributed by atoms with Gasteiger partial charge in [0.25, 0.3) is 0 Å². The van der Waals surface area contributed by atoms with Crippen LogP contribution in [0.25, 0.3) is 16.7 Å². The number of hydrogen-bond acceptors (Lipinski definition) is 4. The fourth-order valence-electron chi connectivity index (χ4n) is 6.86. The van der Waals surface area contributed by atoms with Crippen LogP contribution in [0.3, 0.4) is 0 Å². The van der Waals surface area contributed by atoms with E-state index in [1.54, 1.807) is 0 Å². The quantitative estimate of drug-likeness (QED) is 0.479. The predicted octanol–water partition coefficient (Wildman–Crippen LogP) is 6.34. The number of nitrogens with one attached hydrogen (secondary N) is 1. The molecule has 1 aromatic carbocycles. The number of aromatic nitrogens is 2. The van der Waals surface area contributed by atoms with Crippen molar-refractivity contribution in [2.24, 2.45) is 11.8 Å². The van der Waals surface area contributed by atoms with E-state index in [9.17, 15) is 0 Å². The molecule has 4 heterocycles. The van der Waals surface area contributed by atoms with E-state index in [1.165, 1.54) is 69.6 Å². The van der Waals surface area contributed by atoms with Crippen molar-refractivity contribution in [1.82, 2.24) is 15.3 Å². The summed E-state index contributed by atoms with van der Waals surface area (Å²) < 4.78 is 0. The molecule has 0 amide bonds. The number of pyridine rings is 2. The Labute approximate surface area is 214 Å². The zero-order valence-electron chi connectivity index (χ0n) is 21.8. The van der Waals surface area contributed by atoms with E-state index in [-0.39, 0.29) is 0 Å². The summed E-state index contributed by atoms with van der Waals surface area (Å²) in [4.78, 5) is 12.2. The van der Waals surface area contributed by atoms with Crippen LogP contribution >= 0.6 is 0 Å². The Morgan fingerprint density at radius 3 is 2.67 bits per heavy atom. The smallest absolute Gasteiger partial charge is 0.0481 e. The third kappa shape index (κ3) is 3.96. The molecule has 1 unspecified atom stereocenters. The van der Waals surface area contributed by atoms with Crippen LogP contribution in [0, 0.1) is 25.7 Å². The maximum absolute atomic E-state index is 5.02. The van der Waals surface area contributed by atoms with Crippen molar-refractivity contribution >= 4 is 11.3 Å². The Hall–Kier alpha value is -2.98. The molecule has 3 aromatic rings. The summed E-state index contributed by atoms with van der Waals surface area (Å²) in [5, 5.41) is 3.80. The number of fused-ring (bicyclic) bond motifs is 3. The van der Waals surface area contributed by atoms with Crippen molar-refractivity contribution in [2.45, 2.75) is 65.5 Å². The van der Waals surface area contributed by atoms with Gasteiger partial charge in [0.1, 0.15) is 0 Å². The minimum absolute atomic E-state index is 0.446. The van der Waals surface area contributed by atoms with Crippen LogP contribution in [0.2, 0.25) is 0 Å². The molecule has 3 atom stereocenters. The Kier molecular flexibility index (Phi) is 5.28. The molecular formula is C32H36N4. The molecular weight excluding hydrogens is 440 g/mol. The fourth-order valence-corrected chi connectivity index (χ4v) is 6.86. The largest absolute Gasteiger partial charge is 0.367 e. The third-order valence-electron chi connectivity index (χ3n) is 8.87. The summed E-state index contributed by atoms with van der Waals surface area (Å²) in [6.45, 7) is 9.61. The average Bonchev–Trinajstić information content (AvgIpc) is 3.38. The lowest BCUT2D eigenvalue weighted by Crippen LogP contribution is -2.32. The number of anilines is 1. The summed E-state index contributed by atoms with van der Waals surface area (Å²) in [5.74, 6) is 1.60. The van der Waals surface area contributed by atoms with Crippen LogP contribution in [-0.4, -0.2) is 23.1 Å². The maximum Gasteiger partial charge on any atom is 0.0481 e. The first-order valence-electron chi connectivity index (χ1n) is 13.8. The normalized spacial score (nSPS) is 24.5. The van der Waals surface area contributed by atoms with Crippen molar-refractivity contribution in [3.63, 3.8) is 0 Å². The first kappa shape index (κ1) is 22.2. The van der Waals surface area contributed by atoms with Crippen molar-refractivity contribution in [3.05, 3.63) is 81.9 Å². The molecule has 0 radical (unpaired) electrons. The Morgan fingerprint density at radius 1 is 1.00 bits per heavy atom. The zero-order chi connectivity index (χ0) is 24.4. The van der Waals surface area contributed by atoms with Crippen molar-refractivity contribution < 1.29 is 0 Å². The molecule has 4 aliphatic rings. The number of nitrogens with zero attached hydrogens (tertiary/aromatic N) is 3. The monoisotopic (exact) mass is 476 g/mol. The van der Waals surface area contributed by atoms with Gasteiger partial charge in [-0.15, -0.1) is 0 Å². The fraction of sp³-hybridized carbons (Fsp3) is 0.438. The first-order valence-corrected chi connectivity index (χ1v) is 13.8. The standard InChI is InChI=1S/C32H36N4/c1-19-9-23-13-25(23)16-32-28(19)15-26(17-34-32)24-12-22-6-8-36(27-10-20(2)35-21(3)11-27)18-30(22)29(14-24)31-5-4-7-33-31/h9-12,14-15,17,23,25,31,33H,4-8,13,16,18H2,1-3H3/t23?,25-,31+/m1/s1. The number of rotatable bonds is 3. The van der Waals surface area contributed by atoms with Gasteiger partial charge in [0.15, 0.2) is 0 Å². The van der Waals surface area contributed by atoms with Crippen molar-refractivity contribution in [1.29, 1.82) is 0 Å². The van der Waals surface area contributed by atoms with Gasteiger partial charge in [0.2, 0.25) is 0 Å². The second-order valence-corrected chi connectivity index (χ2v) is 11.6. The van der Waals surface area contributed by atoms with E-state index < -0.39 is 0 Å². The van der Waals surface area contributed by atoms with Gasteiger partial charge in [0.05, 0.1) is 0 Å². The average molecular weight is 477 g/mol. The molecule has 1 saturated carbocycles. The molecule has 0 bridgehead atoms. The van der Waals surface area contributed by atoms with Gasteiger partial charge >= 0.3 is 0 Å². The van der Waals surface area contributed by atoms with Crippen molar-refractivity contribution in [2.75, 3.05) is 18.0 Å². The van der Waals surface area contributed by atoms with Gasteiger partial charge in [0, 0.05) is 53.7 Å². The van der Waals surface area contributed by atoms with E-state index >= 15 is 0 Å². The molecule has 0 spiro atoms. The SMILES string of the molecule is CC1=CC2C[C@@H]2Cc2ncc(-c3cc4c(c([C@@H]5CCCN5)c3)CN(c3cc(C)nc(C)c3)CC4)cc21. The minimum atomic E-state index is 0.446. The summed E-state index contributed by atoms with van der Waals surface area (Å²) in [7, 11) is 0.